The highest BCUT2D eigenvalue weighted by Gasteiger charge is 2.34. The standard InChI is InChI=1S/C28H29ClN2O4/c1-28(2,3)35-27(33)30-23-15-24-26(22-8-6-5-7-21(22)23)19(16-29)17-31(24)25(32)14-11-18-9-12-20(34-4)13-10-18/h5-15,19H,16-17H2,1-4H3,(H,30,33)/b14-11+. The fraction of sp³-hybridized carbons (Fsp3) is 0.286. The fourth-order valence-electron chi connectivity index (χ4n) is 4.27. The van der Waals surface area contributed by atoms with Gasteiger partial charge in [-0.2, -0.15) is 0 Å². The number of nitrogens with one attached hydrogen (secondary N) is 1. The van der Waals surface area contributed by atoms with Crippen molar-refractivity contribution < 1.29 is 19.1 Å². The molecule has 0 bridgehead atoms. The SMILES string of the molecule is COc1ccc(/C=C/C(=O)N2CC(CCl)c3c2cc(NC(=O)OC(C)(C)C)c2ccccc32)cc1. The predicted octanol–water partition coefficient (Wildman–Crippen LogP) is 6.58. The maximum Gasteiger partial charge on any atom is 0.412 e. The van der Waals surface area contributed by atoms with Gasteiger partial charge in [0, 0.05) is 29.8 Å². The van der Waals surface area contributed by atoms with Crippen LogP contribution in [0.15, 0.2) is 60.7 Å². The van der Waals surface area contributed by atoms with E-state index in [-0.39, 0.29) is 11.8 Å². The average Bonchev–Trinajstić information content (AvgIpc) is 3.20. The zero-order valence-electron chi connectivity index (χ0n) is 20.3. The molecule has 1 heterocycles. The maximum atomic E-state index is 13.3. The lowest BCUT2D eigenvalue weighted by Crippen LogP contribution is -2.29. The van der Waals surface area contributed by atoms with E-state index < -0.39 is 11.7 Å². The van der Waals surface area contributed by atoms with E-state index in [0.717, 1.165) is 33.3 Å². The Morgan fingerprint density at radius 2 is 1.80 bits per heavy atom. The van der Waals surface area contributed by atoms with Crippen LogP contribution >= 0.6 is 11.6 Å². The quantitative estimate of drug-likeness (QED) is 0.323. The number of halogens is 1. The Balaban J connectivity index is 1.70. The number of rotatable bonds is 5. The molecule has 0 aliphatic carbocycles. The number of anilines is 2. The van der Waals surface area contributed by atoms with Gasteiger partial charge in [0.05, 0.1) is 18.5 Å². The molecule has 35 heavy (non-hydrogen) atoms. The van der Waals surface area contributed by atoms with E-state index in [0.29, 0.717) is 18.1 Å². The molecule has 0 saturated carbocycles. The van der Waals surface area contributed by atoms with E-state index in [1.165, 1.54) is 0 Å². The van der Waals surface area contributed by atoms with Crippen molar-refractivity contribution in [3.63, 3.8) is 0 Å². The number of amides is 2. The zero-order chi connectivity index (χ0) is 25.2. The van der Waals surface area contributed by atoms with Gasteiger partial charge in [0.1, 0.15) is 11.4 Å². The third-order valence-electron chi connectivity index (χ3n) is 5.79. The van der Waals surface area contributed by atoms with Gasteiger partial charge in [-0.25, -0.2) is 4.79 Å². The second kappa shape index (κ2) is 10.0. The van der Waals surface area contributed by atoms with Gasteiger partial charge in [-0.05, 0) is 61.6 Å². The van der Waals surface area contributed by atoms with E-state index in [4.69, 9.17) is 21.1 Å². The Morgan fingerprint density at radius 1 is 1.11 bits per heavy atom. The summed E-state index contributed by atoms with van der Waals surface area (Å²) in [5.74, 6) is 0.949. The van der Waals surface area contributed by atoms with E-state index in [9.17, 15) is 9.59 Å². The fourth-order valence-corrected chi connectivity index (χ4v) is 4.52. The summed E-state index contributed by atoms with van der Waals surface area (Å²) in [6.45, 7) is 5.90. The van der Waals surface area contributed by atoms with Crippen molar-refractivity contribution in [2.24, 2.45) is 0 Å². The third-order valence-corrected chi connectivity index (χ3v) is 6.16. The third kappa shape index (κ3) is 5.43. The van der Waals surface area contributed by atoms with Crippen molar-refractivity contribution in [1.82, 2.24) is 0 Å². The molecule has 7 heteroatoms. The summed E-state index contributed by atoms with van der Waals surface area (Å²) in [7, 11) is 1.61. The Kier molecular flexibility index (Phi) is 7.03. The number of hydrogen-bond acceptors (Lipinski definition) is 4. The number of benzene rings is 3. The summed E-state index contributed by atoms with van der Waals surface area (Å²) in [6, 6.07) is 17.1. The molecule has 0 radical (unpaired) electrons. The van der Waals surface area contributed by atoms with E-state index in [2.05, 4.69) is 5.32 Å². The number of carbonyl (C=O) groups excluding carboxylic acids is 2. The molecule has 1 unspecified atom stereocenters. The minimum absolute atomic E-state index is 0.0227. The van der Waals surface area contributed by atoms with Crippen LogP contribution in [0.5, 0.6) is 5.75 Å². The lowest BCUT2D eigenvalue weighted by atomic mass is 9.95. The lowest BCUT2D eigenvalue weighted by Gasteiger charge is -2.21. The highest BCUT2D eigenvalue weighted by Crippen LogP contribution is 2.45. The van der Waals surface area contributed by atoms with Crippen LogP contribution < -0.4 is 15.0 Å². The minimum atomic E-state index is -0.630. The van der Waals surface area contributed by atoms with Gasteiger partial charge < -0.3 is 14.4 Å². The predicted molar refractivity (Wildman–Crippen MR) is 142 cm³/mol. The van der Waals surface area contributed by atoms with E-state index >= 15 is 0 Å². The van der Waals surface area contributed by atoms with Crippen molar-refractivity contribution in [3.05, 3.63) is 71.8 Å². The summed E-state index contributed by atoms with van der Waals surface area (Å²) in [5.41, 5.74) is 2.59. The first-order chi connectivity index (χ1) is 16.7. The first kappa shape index (κ1) is 24.6. The molecule has 0 saturated heterocycles. The molecule has 4 rings (SSSR count). The van der Waals surface area contributed by atoms with Crippen LogP contribution in [0.4, 0.5) is 16.2 Å². The monoisotopic (exact) mass is 492 g/mol. The maximum absolute atomic E-state index is 13.3. The molecule has 6 nitrogen and oxygen atoms in total. The van der Waals surface area contributed by atoms with Crippen molar-refractivity contribution in [2.45, 2.75) is 32.3 Å². The summed E-state index contributed by atoms with van der Waals surface area (Å²) in [5, 5.41) is 4.70. The van der Waals surface area contributed by atoms with Crippen LogP contribution in [0.2, 0.25) is 0 Å². The van der Waals surface area contributed by atoms with Crippen LogP contribution in [0.1, 0.15) is 37.8 Å². The number of alkyl halides is 1. The molecular weight excluding hydrogens is 464 g/mol. The number of methoxy groups -OCH3 is 1. The highest BCUT2D eigenvalue weighted by molar-refractivity contribution is 6.19. The van der Waals surface area contributed by atoms with Crippen LogP contribution in [0.3, 0.4) is 0 Å². The van der Waals surface area contributed by atoms with E-state index in [1.54, 1.807) is 24.2 Å². The van der Waals surface area contributed by atoms with Crippen LogP contribution in [-0.2, 0) is 9.53 Å². The molecule has 1 aliphatic rings. The lowest BCUT2D eigenvalue weighted by molar-refractivity contribution is -0.114. The Bertz CT molecular complexity index is 1280. The largest absolute Gasteiger partial charge is 0.497 e. The first-order valence-corrected chi connectivity index (χ1v) is 12.0. The number of fused-ring (bicyclic) bond motifs is 3. The average molecular weight is 493 g/mol. The number of nitrogens with zero attached hydrogens (tertiary/aromatic N) is 1. The summed E-state index contributed by atoms with van der Waals surface area (Å²) in [4.78, 5) is 27.6. The molecule has 1 aliphatic heterocycles. The highest BCUT2D eigenvalue weighted by atomic mass is 35.5. The second-order valence-corrected chi connectivity index (χ2v) is 9.74. The number of carbonyl (C=O) groups is 2. The second-order valence-electron chi connectivity index (χ2n) is 9.44. The van der Waals surface area contributed by atoms with Gasteiger partial charge in [0.2, 0.25) is 0 Å². The molecule has 3 aromatic carbocycles. The molecule has 1 N–H and O–H groups in total. The first-order valence-electron chi connectivity index (χ1n) is 11.5. The molecule has 0 aromatic heterocycles. The van der Waals surface area contributed by atoms with E-state index in [1.807, 2.05) is 75.4 Å². The minimum Gasteiger partial charge on any atom is -0.497 e. The van der Waals surface area contributed by atoms with Gasteiger partial charge in [0.25, 0.3) is 5.91 Å². The van der Waals surface area contributed by atoms with Gasteiger partial charge in [-0.1, -0.05) is 36.4 Å². The Morgan fingerprint density at radius 3 is 2.43 bits per heavy atom. The molecule has 0 fully saturated rings. The van der Waals surface area contributed by atoms with Crippen molar-refractivity contribution in [3.8, 4) is 5.75 Å². The van der Waals surface area contributed by atoms with Crippen molar-refractivity contribution in [1.29, 1.82) is 0 Å². The van der Waals surface area contributed by atoms with Crippen molar-refractivity contribution >= 4 is 51.8 Å². The van der Waals surface area contributed by atoms with Gasteiger partial charge in [-0.3, -0.25) is 10.1 Å². The molecule has 1 atom stereocenters. The molecule has 0 spiro atoms. The topological polar surface area (TPSA) is 67.9 Å². The van der Waals surface area contributed by atoms with Gasteiger partial charge in [0.15, 0.2) is 0 Å². The summed E-state index contributed by atoms with van der Waals surface area (Å²) < 4.78 is 10.6. The summed E-state index contributed by atoms with van der Waals surface area (Å²) in [6.07, 6.45) is 2.78. The molecular formula is C28H29ClN2O4. The smallest absolute Gasteiger partial charge is 0.412 e. The Hall–Kier alpha value is -3.51. The molecule has 3 aromatic rings. The van der Waals surface area contributed by atoms with Crippen LogP contribution in [0, 0.1) is 0 Å². The van der Waals surface area contributed by atoms with Crippen LogP contribution in [0.25, 0.3) is 16.8 Å². The molecule has 182 valence electrons. The van der Waals surface area contributed by atoms with Gasteiger partial charge in [-0.15, -0.1) is 11.6 Å². The van der Waals surface area contributed by atoms with Crippen LogP contribution in [-0.4, -0.2) is 37.1 Å². The summed E-state index contributed by atoms with van der Waals surface area (Å²) >= 11 is 6.35. The number of hydrogen-bond donors (Lipinski definition) is 1. The van der Waals surface area contributed by atoms with Gasteiger partial charge >= 0.3 is 6.09 Å². The molecule has 2 amide bonds. The zero-order valence-corrected chi connectivity index (χ0v) is 21.1. The van der Waals surface area contributed by atoms with Crippen molar-refractivity contribution in [2.75, 3.05) is 29.8 Å². The number of ether oxygens (including phenoxy) is 2. The Labute approximate surface area is 210 Å². The normalized spacial score (nSPS) is 15.3.